The number of rotatable bonds is 6. The second-order valence-corrected chi connectivity index (χ2v) is 7.92. The van der Waals surface area contributed by atoms with Gasteiger partial charge in [0.15, 0.2) is 0 Å². The zero-order valence-corrected chi connectivity index (χ0v) is 15.4. The maximum atomic E-state index is 12.0. The van der Waals surface area contributed by atoms with Gasteiger partial charge < -0.3 is 15.7 Å². The van der Waals surface area contributed by atoms with Crippen molar-refractivity contribution in [2.45, 2.75) is 40.2 Å². The number of aromatic nitrogens is 1. The minimum atomic E-state index is -0.383. The standard InChI is InChI=1S/C18H25N3O2S/c1-12(22)9-18(3,4)11-19-17(23)21-15-7-5-14(6-8-15)16-10-24-13(2)20-16/h5-8,10,12,22H,9,11H2,1-4H3,(H2,19,21,23)/t12-/m0/s1. The summed E-state index contributed by atoms with van der Waals surface area (Å²) in [5, 5.41) is 18.2. The highest BCUT2D eigenvalue weighted by atomic mass is 32.1. The Hall–Kier alpha value is -1.92. The van der Waals surface area contributed by atoms with Gasteiger partial charge in [0.05, 0.1) is 16.8 Å². The van der Waals surface area contributed by atoms with Crippen molar-refractivity contribution in [3.63, 3.8) is 0 Å². The van der Waals surface area contributed by atoms with Crippen LogP contribution in [0.5, 0.6) is 0 Å². The second kappa shape index (κ2) is 7.77. The van der Waals surface area contributed by atoms with E-state index in [1.165, 1.54) is 0 Å². The van der Waals surface area contributed by atoms with Crippen molar-refractivity contribution in [1.29, 1.82) is 0 Å². The first-order valence-corrected chi connectivity index (χ1v) is 8.89. The van der Waals surface area contributed by atoms with Crippen molar-refractivity contribution in [3.8, 4) is 11.3 Å². The number of nitrogens with zero attached hydrogens (tertiary/aromatic N) is 1. The highest BCUT2D eigenvalue weighted by Gasteiger charge is 2.21. The van der Waals surface area contributed by atoms with Crippen LogP contribution in [-0.2, 0) is 0 Å². The number of aryl methyl sites for hydroxylation is 1. The van der Waals surface area contributed by atoms with Gasteiger partial charge in [0.25, 0.3) is 0 Å². The van der Waals surface area contributed by atoms with Gasteiger partial charge in [-0.15, -0.1) is 11.3 Å². The molecule has 0 unspecified atom stereocenters. The van der Waals surface area contributed by atoms with E-state index in [-0.39, 0.29) is 17.6 Å². The number of amides is 2. The molecular weight excluding hydrogens is 322 g/mol. The molecule has 1 aromatic carbocycles. The van der Waals surface area contributed by atoms with E-state index in [1.54, 1.807) is 18.3 Å². The number of hydrogen-bond donors (Lipinski definition) is 3. The number of aliphatic hydroxyl groups is 1. The number of aliphatic hydroxyl groups excluding tert-OH is 1. The quantitative estimate of drug-likeness (QED) is 0.738. The van der Waals surface area contributed by atoms with Gasteiger partial charge in [-0.05, 0) is 37.8 Å². The maximum absolute atomic E-state index is 12.0. The van der Waals surface area contributed by atoms with E-state index < -0.39 is 0 Å². The summed E-state index contributed by atoms with van der Waals surface area (Å²) in [6.45, 7) is 8.27. The zero-order chi connectivity index (χ0) is 17.7. The topological polar surface area (TPSA) is 74.2 Å². The Morgan fingerprint density at radius 1 is 1.33 bits per heavy atom. The Kier molecular flexibility index (Phi) is 5.96. The van der Waals surface area contributed by atoms with Gasteiger partial charge in [-0.25, -0.2) is 9.78 Å². The fraction of sp³-hybridized carbons (Fsp3) is 0.444. The first-order valence-electron chi connectivity index (χ1n) is 8.01. The van der Waals surface area contributed by atoms with Gasteiger partial charge in [0.2, 0.25) is 0 Å². The first-order chi connectivity index (χ1) is 11.2. The van der Waals surface area contributed by atoms with Crippen LogP contribution >= 0.6 is 11.3 Å². The van der Waals surface area contributed by atoms with Crippen molar-refractivity contribution in [2.24, 2.45) is 5.41 Å². The number of anilines is 1. The Balaban J connectivity index is 1.88. The summed E-state index contributed by atoms with van der Waals surface area (Å²) < 4.78 is 0. The van der Waals surface area contributed by atoms with E-state index in [0.717, 1.165) is 22.0 Å². The SMILES string of the molecule is Cc1nc(-c2ccc(NC(=O)NCC(C)(C)C[C@H](C)O)cc2)cs1. The van der Waals surface area contributed by atoms with Gasteiger partial charge in [-0.2, -0.15) is 0 Å². The highest BCUT2D eigenvalue weighted by molar-refractivity contribution is 7.09. The van der Waals surface area contributed by atoms with Crippen LogP contribution in [0.4, 0.5) is 10.5 Å². The molecule has 0 aliphatic carbocycles. The number of carbonyl (C=O) groups is 1. The summed E-state index contributed by atoms with van der Waals surface area (Å²) in [5.74, 6) is 0. The average molecular weight is 347 g/mol. The monoisotopic (exact) mass is 347 g/mol. The molecule has 0 aliphatic rings. The number of thiazole rings is 1. The van der Waals surface area contributed by atoms with Crippen molar-refractivity contribution in [1.82, 2.24) is 10.3 Å². The molecule has 2 aromatic rings. The molecule has 0 bridgehead atoms. The molecule has 6 heteroatoms. The smallest absolute Gasteiger partial charge is 0.319 e. The average Bonchev–Trinajstić information content (AvgIpc) is 2.91. The molecule has 2 rings (SSSR count). The van der Waals surface area contributed by atoms with E-state index >= 15 is 0 Å². The number of benzene rings is 1. The normalized spacial score (nSPS) is 12.7. The van der Waals surface area contributed by atoms with E-state index in [1.807, 2.05) is 50.4 Å². The molecule has 0 spiro atoms. The third-order valence-corrected chi connectivity index (χ3v) is 4.41. The predicted octanol–water partition coefficient (Wildman–Crippen LogP) is 4.04. The van der Waals surface area contributed by atoms with Crippen LogP contribution in [0.2, 0.25) is 0 Å². The minimum absolute atomic E-state index is 0.155. The van der Waals surface area contributed by atoms with Crippen LogP contribution in [0.3, 0.4) is 0 Å². The molecule has 1 aromatic heterocycles. The van der Waals surface area contributed by atoms with Crippen LogP contribution in [0.1, 0.15) is 32.2 Å². The molecule has 2 amide bonds. The lowest BCUT2D eigenvalue weighted by molar-refractivity contribution is 0.129. The predicted molar refractivity (Wildman–Crippen MR) is 99.4 cm³/mol. The first kappa shape index (κ1) is 18.4. The molecule has 130 valence electrons. The second-order valence-electron chi connectivity index (χ2n) is 6.85. The maximum Gasteiger partial charge on any atom is 0.319 e. The van der Waals surface area contributed by atoms with Crippen LogP contribution in [-0.4, -0.2) is 28.8 Å². The van der Waals surface area contributed by atoms with Crippen LogP contribution in [0.15, 0.2) is 29.6 Å². The van der Waals surface area contributed by atoms with E-state index in [4.69, 9.17) is 0 Å². The van der Waals surface area contributed by atoms with Gasteiger partial charge in [-0.3, -0.25) is 0 Å². The summed E-state index contributed by atoms with van der Waals surface area (Å²) in [7, 11) is 0. The summed E-state index contributed by atoms with van der Waals surface area (Å²) in [6.07, 6.45) is 0.251. The van der Waals surface area contributed by atoms with Crippen LogP contribution in [0.25, 0.3) is 11.3 Å². The van der Waals surface area contributed by atoms with Gasteiger partial charge in [0.1, 0.15) is 0 Å². The molecule has 3 N–H and O–H groups in total. The van der Waals surface area contributed by atoms with Gasteiger partial charge in [0, 0.05) is 23.2 Å². The Labute approximate surface area is 147 Å². The molecule has 0 fully saturated rings. The zero-order valence-electron chi connectivity index (χ0n) is 14.6. The lowest BCUT2D eigenvalue weighted by Gasteiger charge is -2.26. The molecule has 0 radical (unpaired) electrons. The molecule has 5 nitrogen and oxygen atoms in total. The van der Waals surface area contributed by atoms with Gasteiger partial charge in [-0.1, -0.05) is 26.0 Å². The molecular formula is C18H25N3O2S. The molecule has 1 atom stereocenters. The fourth-order valence-corrected chi connectivity index (χ4v) is 3.21. The lowest BCUT2D eigenvalue weighted by atomic mass is 9.87. The molecule has 0 saturated carbocycles. The number of nitrogens with one attached hydrogen (secondary N) is 2. The summed E-state index contributed by atoms with van der Waals surface area (Å²) in [4.78, 5) is 16.5. The highest BCUT2D eigenvalue weighted by Crippen LogP contribution is 2.23. The van der Waals surface area contributed by atoms with Crippen LogP contribution in [0, 0.1) is 12.3 Å². The van der Waals surface area contributed by atoms with Gasteiger partial charge >= 0.3 is 6.03 Å². The fourth-order valence-electron chi connectivity index (χ4n) is 2.59. The number of urea groups is 1. The van der Waals surface area contributed by atoms with E-state index in [0.29, 0.717) is 13.0 Å². The molecule has 1 heterocycles. The number of carbonyl (C=O) groups excluding carboxylic acids is 1. The minimum Gasteiger partial charge on any atom is -0.393 e. The third kappa shape index (κ3) is 5.62. The Morgan fingerprint density at radius 3 is 2.54 bits per heavy atom. The van der Waals surface area contributed by atoms with Crippen LogP contribution < -0.4 is 10.6 Å². The molecule has 0 saturated heterocycles. The van der Waals surface area contributed by atoms with Crippen molar-refractivity contribution in [3.05, 3.63) is 34.7 Å². The largest absolute Gasteiger partial charge is 0.393 e. The summed E-state index contributed by atoms with van der Waals surface area (Å²) in [6, 6.07) is 7.38. The summed E-state index contributed by atoms with van der Waals surface area (Å²) >= 11 is 1.62. The summed E-state index contributed by atoms with van der Waals surface area (Å²) in [5.41, 5.74) is 2.56. The van der Waals surface area contributed by atoms with Crippen molar-refractivity contribution in [2.75, 3.05) is 11.9 Å². The molecule has 0 aliphatic heterocycles. The van der Waals surface area contributed by atoms with E-state index in [9.17, 15) is 9.90 Å². The third-order valence-electron chi connectivity index (χ3n) is 3.63. The Bertz CT molecular complexity index is 678. The lowest BCUT2D eigenvalue weighted by Crippen LogP contribution is -2.38. The molecule has 24 heavy (non-hydrogen) atoms. The van der Waals surface area contributed by atoms with Crippen molar-refractivity contribution >= 4 is 23.1 Å². The van der Waals surface area contributed by atoms with Crippen molar-refractivity contribution < 1.29 is 9.90 Å². The van der Waals surface area contributed by atoms with E-state index in [2.05, 4.69) is 15.6 Å². The number of hydrogen-bond acceptors (Lipinski definition) is 4. The Morgan fingerprint density at radius 2 is 2.00 bits per heavy atom.